The fourth-order valence-electron chi connectivity index (χ4n) is 3.38. The van der Waals surface area contributed by atoms with Crippen molar-refractivity contribution in [3.8, 4) is 0 Å². The molecule has 116 valence electrons. The number of nitrogens with one attached hydrogen (secondary N) is 1. The second-order valence-corrected chi connectivity index (χ2v) is 6.85. The highest BCUT2D eigenvalue weighted by Gasteiger charge is 2.49. The maximum atomic E-state index is 12.7. The zero-order chi connectivity index (χ0) is 15.7. The molecular weight excluding hydrogens is 262 g/mol. The molecule has 0 saturated carbocycles. The number of carbonyl (C=O) groups is 1. The lowest BCUT2D eigenvalue weighted by atomic mass is 9.65. The van der Waals surface area contributed by atoms with Gasteiger partial charge in [-0.1, -0.05) is 38.1 Å². The van der Waals surface area contributed by atoms with Crippen LogP contribution in [0.25, 0.3) is 0 Å². The van der Waals surface area contributed by atoms with Crippen LogP contribution < -0.4 is 5.32 Å². The Morgan fingerprint density at radius 3 is 2.43 bits per heavy atom. The van der Waals surface area contributed by atoms with E-state index in [4.69, 9.17) is 4.74 Å². The van der Waals surface area contributed by atoms with Crippen molar-refractivity contribution in [2.24, 2.45) is 0 Å². The van der Waals surface area contributed by atoms with E-state index in [9.17, 15) is 4.79 Å². The number of hydrogen-bond acceptors (Lipinski definition) is 3. The predicted octanol–water partition coefficient (Wildman–Crippen LogP) is 3.51. The lowest BCUT2D eigenvalue weighted by Gasteiger charge is -2.45. The number of rotatable bonds is 4. The van der Waals surface area contributed by atoms with Gasteiger partial charge in [-0.25, -0.2) is 4.79 Å². The molecule has 3 heteroatoms. The molecule has 0 bridgehead atoms. The maximum absolute atomic E-state index is 12.7. The Balaban J connectivity index is 2.58. The molecule has 0 saturated heterocycles. The Hall–Kier alpha value is -1.35. The fraction of sp³-hybridized carbons (Fsp3) is 0.611. The van der Waals surface area contributed by atoms with E-state index in [0.29, 0.717) is 6.61 Å². The molecular formula is C18H27NO2. The van der Waals surface area contributed by atoms with Crippen LogP contribution in [0.3, 0.4) is 0 Å². The molecule has 0 heterocycles. The van der Waals surface area contributed by atoms with E-state index in [1.165, 1.54) is 5.56 Å². The van der Waals surface area contributed by atoms with Gasteiger partial charge in [0.1, 0.15) is 5.54 Å². The second-order valence-electron chi connectivity index (χ2n) is 6.85. The van der Waals surface area contributed by atoms with Gasteiger partial charge in [0.25, 0.3) is 0 Å². The van der Waals surface area contributed by atoms with Crippen LogP contribution in [0.5, 0.6) is 0 Å². The highest BCUT2D eigenvalue weighted by atomic mass is 16.5. The first-order valence-electron chi connectivity index (χ1n) is 7.88. The maximum Gasteiger partial charge on any atom is 0.331 e. The van der Waals surface area contributed by atoms with E-state index >= 15 is 0 Å². The van der Waals surface area contributed by atoms with Gasteiger partial charge >= 0.3 is 5.97 Å². The molecule has 1 aromatic carbocycles. The van der Waals surface area contributed by atoms with Crippen molar-refractivity contribution in [3.63, 3.8) is 0 Å². The molecule has 0 radical (unpaired) electrons. The third-order valence-electron chi connectivity index (χ3n) is 4.40. The summed E-state index contributed by atoms with van der Waals surface area (Å²) in [6.07, 6.45) is 1.73. The van der Waals surface area contributed by atoms with Crippen LogP contribution in [0.2, 0.25) is 0 Å². The molecule has 1 aromatic rings. The Labute approximate surface area is 128 Å². The Kier molecular flexibility index (Phi) is 4.43. The molecule has 1 aliphatic rings. The van der Waals surface area contributed by atoms with Crippen molar-refractivity contribution >= 4 is 5.97 Å². The van der Waals surface area contributed by atoms with Crippen molar-refractivity contribution in [1.82, 2.24) is 5.32 Å². The largest absolute Gasteiger partial charge is 0.464 e. The summed E-state index contributed by atoms with van der Waals surface area (Å²) in [4.78, 5) is 12.7. The van der Waals surface area contributed by atoms with Gasteiger partial charge in [-0.2, -0.15) is 0 Å². The topological polar surface area (TPSA) is 38.3 Å². The van der Waals surface area contributed by atoms with E-state index in [0.717, 1.165) is 18.4 Å². The second kappa shape index (κ2) is 5.80. The van der Waals surface area contributed by atoms with Gasteiger partial charge in [0.15, 0.2) is 0 Å². The summed E-state index contributed by atoms with van der Waals surface area (Å²) in [5.74, 6) is -0.151. The molecule has 0 amide bonds. The molecule has 1 unspecified atom stereocenters. The summed E-state index contributed by atoms with van der Waals surface area (Å²) in [5.41, 5.74) is 1.70. The number of esters is 1. The van der Waals surface area contributed by atoms with Gasteiger partial charge < -0.3 is 4.74 Å². The normalized spacial score (nSPS) is 23.7. The lowest BCUT2D eigenvalue weighted by molar-refractivity contribution is -0.153. The van der Waals surface area contributed by atoms with E-state index in [1.54, 1.807) is 0 Å². The van der Waals surface area contributed by atoms with E-state index in [-0.39, 0.29) is 17.4 Å². The molecule has 3 nitrogen and oxygen atoms in total. The SMILES string of the molecule is CCOC(=O)C1(NC(C)C)CCC(C)(C)c2ccccc21. The van der Waals surface area contributed by atoms with E-state index in [2.05, 4.69) is 51.2 Å². The van der Waals surface area contributed by atoms with Gasteiger partial charge in [0, 0.05) is 6.04 Å². The monoisotopic (exact) mass is 289 g/mol. The minimum absolute atomic E-state index is 0.0885. The highest BCUT2D eigenvalue weighted by molar-refractivity contribution is 5.84. The molecule has 1 aliphatic carbocycles. The van der Waals surface area contributed by atoms with Crippen molar-refractivity contribution in [1.29, 1.82) is 0 Å². The van der Waals surface area contributed by atoms with Gasteiger partial charge in [0.2, 0.25) is 0 Å². The van der Waals surface area contributed by atoms with Gasteiger partial charge in [0.05, 0.1) is 6.61 Å². The van der Waals surface area contributed by atoms with Crippen LogP contribution in [-0.4, -0.2) is 18.6 Å². The molecule has 2 rings (SSSR count). The smallest absolute Gasteiger partial charge is 0.331 e. The molecule has 0 spiro atoms. The molecule has 1 N–H and O–H groups in total. The number of fused-ring (bicyclic) bond motifs is 1. The molecule has 0 fully saturated rings. The predicted molar refractivity (Wildman–Crippen MR) is 85.3 cm³/mol. The Morgan fingerprint density at radius 1 is 1.24 bits per heavy atom. The van der Waals surface area contributed by atoms with Crippen LogP contribution in [0, 0.1) is 0 Å². The van der Waals surface area contributed by atoms with Crippen molar-refractivity contribution in [2.45, 2.75) is 64.5 Å². The third kappa shape index (κ3) is 2.84. The molecule has 0 aliphatic heterocycles. The average Bonchev–Trinajstić information content (AvgIpc) is 2.42. The summed E-state index contributed by atoms with van der Waals surface area (Å²) in [5, 5.41) is 3.50. The number of benzene rings is 1. The Morgan fingerprint density at radius 2 is 1.86 bits per heavy atom. The van der Waals surface area contributed by atoms with Crippen LogP contribution >= 0.6 is 0 Å². The zero-order valence-electron chi connectivity index (χ0n) is 13.8. The zero-order valence-corrected chi connectivity index (χ0v) is 13.8. The number of hydrogen-bond donors (Lipinski definition) is 1. The summed E-state index contributed by atoms with van der Waals surface area (Å²) < 4.78 is 5.41. The minimum atomic E-state index is -0.712. The summed E-state index contributed by atoms with van der Waals surface area (Å²) in [7, 11) is 0. The minimum Gasteiger partial charge on any atom is -0.464 e. The van der Waals surface area contributed by atoms with Gasteiger partial charge in [-0.3, -0.25) is 5.32 Å². The Bertz CT molecular complexity index is 522. The molecule has 1 atom stereocenters. The highest BCUT2D eigenvalue weighted by Crippen LogP contribution is 2.45. The molecule has 21 heavy (non-hydrogen) atoms. The third-order valence-corrected chi connectivity index (χ3v) is 4.40. The van der Waals surface area contributed by atoms with Gasteiger partial charge in [-0.05, 0) is 50.2 Å². The quantitative estimate of drug-likeness (QED) is 0.862. The summed E-state index contributed by atoms with van der Waals surface area (Å²) >= 11 is 0. The van der Waals surface area contributed by atoms with E-state index < -0.39 is 5.54 Å². The van der Waals surface area contributed by atoms with Crippen LogP contribution in [0.1, 0.15) is 58.6 Å². The van der Waals surface area contributed by atoms with Gasteiger partial charge in [-0.15, -0.1) is 0 Å². The first kappa shape index (κ1) is 16.0. The first-order valence-corrected chi connectivity index (χ1v) is 7.88. The van der Waals surface area contributed by atoms with Crippen molar-refractivity contribution < 1.29 is 9.53 Å². The van der Waals surface area contributed by atoms with Crippen molar-refractivity contribution in [2.75, 3.05) is 6.61 Å². The van der Waals surface area contributed by atoms with Crippen LogP contribution in [0.4, 0.5) is 0 Å². The van der Waals surface area contributed by atoms with Crippen molar-refractivity contribution in [3.05, 3.63) is 35.4 Å². The number of ether oxygens (including phenoxy) is 1. The fourth-order valence-corrected chi connectivity index (χ4v) is 3.38. The summed E-state index contributed by atoms with van der Waals surface area (Å²) in [6, 6.07) is 8.49. The lowest BCUT2D eigenvalue weighted by Crippen LogP contribution is -2.56. The molecule has 0 aromatic heterocycles. The van der Waals surface area contributed by atoms with Crippen LogP contribution in [0.15, 0.2) is 24.3 Å². The summed E-state index contributed by atoms with van der Waals surface area (Å²) in [6.45, 7) is 10.9. The first-order chi connectivity index (χ1) is 9.83. The number of carbonyl (C=O) groups excluding carboxylic acids is 1. The van der Waals surface area contributed by atoms with E-state index in [1.807, 2.05) is 13.0 Å². The standard InChI is InChI=1S/C18H27NO2/c1-6-21-16(20)18(19-13(2)3)12-11-17(4,5)14-9-7-8-10-15(14)18/h7-10,13,19H,6,11-12H2,1-5H3. The average molecular weight is 289 g/mol. The van der Waals surface area contributed by atoms with Crippen LogP contribution in [-0.2, 0) is 20.5 Å².